The minimum Gasteiger partial charge on any atom is -0.355 e. The van der Waals surface area contributed by atoms with Crippen LogP contribution >= 0.6 is 0 Å². The van der Waals surface area contributed by atoms with Crippen LogP contribution in [0.25, 0.3) is 16.6 Å². The predicted octanol–water partition coefficient (Wildman–Crippen LogP) is 2.77. The van der Waals surface area contributed by atoms with Crippen LogP contribution in [-0.4, -0.2) is 45.5 Å². The van der Waals surface area contributed by atoms with Gasteiger partial charge in [0.2, 0.25) is 5.91 Å². The van der Waals surface area contributed by atoms with Gasteiger partial charge in [0.05, 0.1) is 11.0 Å². The molecule has 1 aliphatic rings. The molecule has 1 aliphatic heterocycles. The predicted molar refractivity (Wildman–Crippen MR) is 112 cm³/mol. The normalized spacial score (nSPS) is 17.4. The van der Waals surface area contributed by atoms with Gasteiger partial charge in [-0.05, 0) is 62.7 Å². The summed E-state index contributed by atoms with van der Waals surface area (Å²) in [5, 5.41) is 3.03. The van der Waals surface area contributed by atoms with Gasteiger partial charge >= 0.3 is 0 Å². The van der Waals surface area contributed by atoms with Crippen molar-refractivity contribution in [1.29, 1.82) is 0 Å². The molecule has 6 nitrogen and oxygen atoms in total. The average Bonchev–Trinajstić information content (AvgIpc) is 3.38. The number of aromatic nitrogens is 2. The molecule has 0 spiro atoms. The van der Waals surface area contributed by atoms with Gasteiger partial charge in [0, 0.05) is 31.7 Å². The number of carbonyl (C=O) groups excluding carboxylic acids is 1. The third-order valence-electron chi connectivity index (χ3n) is 5.93. The SMILES string of the molecule is CCN1CCCC1CNC(=O)CCCn1c(=O)c2cccn2c2ccc(F)cc21. The second-order valence-electron chi connectivity index (χ2n) is 7.69. The van der Waals surface area contributed by atoms with Gasteiger partial charge in [0.15, 0.2) is 0 Å². The molecule has 1 N–H and O–H groups in total. The van der Waals surface area contributed by atoms with Crippen LogP contribution in [0.1, 0.15) is 32.6 Å². The Morgan fingerprint density at radius 1 is 1.24 bits per heavy atom. The molecule has 4 rings (SSSR count). The summed E-state index contributed by atoms with van der Waals surface area (Å²) >= 11 is 0. The van der Waals surface area contributed by atoms with E-state index in [1.807, 2.05) is 0 Å². The Morgan fingerprint density at radius 2 is 2.10 bits per heavy atom. The van der Waals surface area contributed by atoms with E-state index in [0.29, 0.717) is 43.0 Å². The first-order valence-electron chi connectivity index (χ1n) is 10.4. The Bertz CT molecular complexity index is 1090. The van der Waals surface area contributed by atoms with Gasteiger partial charge in [-0.15, -0.1) is 0 Å². The van der Waals surface area contributed by atoms with Crippen molar-refractivity contribution in [1.82, 2.24) is 19.2 Å². The van der Waals surface area contributed by atoms with Gasteiger partial charge in [0.1, 0.15) is 11.3 Å². The molecule has 1 aromatic carbocycles. The van der Waals surface area contributed by atoms with Crippen LogP contribution in [0.3, 0.4) is 0 Å². The van der Waals surface area contributed by atoms with E-state index in [1.165, 1.54) is 18.6 Å². The Morgan fingerprint density at radius 3 is 2.93 bits per heavy atom. The number of halogens is 1. The van der Waals surface area contributed by atoms with Crippen molar-refractivity contribution in [2.45, 2.75) is 45.2 Å². The number of likely N-dealkylation sites (tertiary alicyclic amines) is 1. The van der Waals surface area contributed by atoms with Crippen LogP contribution in [-0.2, 0) is 11.3 Å². The Labute approximate surface area is 168 Å². The molecular weight excluding hydrogens is 371 g/mol. The number of benzene rings is 1. The zero-order chi connectivity index (χ0) is 20.4. The van der Waals surface area contributed by atoms with Crippen LogP contribution in [0, 0.1) is 5.82 Å². The molecule has 0 saturated carbocycles. The molecule has 1 fully saturated rings. The maximum absolute atomic E-state index is 13.8. The molecule has 3 heterocycles. The van der Waals surface area contributed by atoms with E-state index < -0.39 is 0 Å². The lowest BCUT2D eigenvalue weighted by atomic mass is 10.2. The first-order valence-corrected chi connectivity index (χ1v) is 10.4. The number of nitrogens with one attached hydrogen (secondary N) is 1. The zero-order valence-corrected chi connectivity index (χ0v) is 16.7. The number of carbonyl (C=O) groups is 1. The Hall–Kier alpha value is -2.67. The lowest BCUT2D eigenvalue weighted by molar-refractivity contribution is -0.121. The molecule has 29 heavy (non-hydrogen) atoms. The number of hydrogen-bond acceptors (Lipinski definition) is 3. The summed E-state index contributed by atoms with van der Waals surface area (Å²) in [6, 6.07) is 8.45. The van der Waals surface area contributed by atoms with E-state index in [-0.39, 0.29) is 17.3 Å². The molecule has 3 aromatic rings. The number of likely N-dealkylation sites (N-methyl/N-ethyl adjacent to an activating group) is 1. The van der Waals surface area contributed by atoms with Gasteiger partial charge in [0.25, 0.3) is 5.56 Å². The van der Waals surface area contributed by atoms with Crippen LogP contribution in [0.15, 0.2) is 41.3 Å². The minimum atomic E-state index is -0.382. The number of rotatable bonds is 7. The lowest BCUT2D eigenvalue weighted by Crippen LogP contribution is -2.40. The number of amides is 1. The summed E-state index contributed by atoms with van der Waals surface area (Å²) in [7, 11) is 0. The fraction of sp³-hybridized carbons (Fsp3) is 0.455. The third kappa shape index (κ3) is 3.92. The van der Waals surface area contributed by atoms with Crippen molar-refractivity contribution < 1.29 is 9.18 Å². The van der Waals surface area contributed by atoms with Crippen molar-refractivity contribution in [3.63, 3.8) is 0 Å². The fourth-order valence-electron chi connectivity index (χ4n) is 4.41. The Balaban J connectivity index is 1.44. The summed E-state index contributed by atoms with van der Waals surface area (Å²) in [5.74, 6) is -0.382. The maximum atomic E-state index is 13.8. The number of hydrogen-bond donors (Lipinski definition) is 1. The highest BCUT2D eigenvalue weighted by atomic mass is 19.1. The van der Waals surface area contributed by atoms with Crippen LogP contribution in [0.4, 0.5) is 4.39 Å². The van der Waals surface area contributed by atoms with Gasteiger partial charge in [-0.25, -0.2) is 4.39 Å². The summed E-state index contributed by atoms with van der Waals surface area (Å²) in [6.07, 6.45) is 4.98. The second kappa shape index (κ2) is 8.37. The van der Waals surface area contributed by atoms with Crippen molar-refractivity contribution in [2.24, 2.45) is 0 Å². The highest BCUT2D eigenvalue weighted by Gasteiger charge is 2.23. The van der Waals surface area contributed by atoms with Crippen molar-refractivity contribution in [3.05, 3.63) is 52.7 Å². The molecule has 1 amide bonds. The van der Waals surface area contributed by atoms with E-state index in [4.69, 9.17) is 0 Å². The van der Waals surface area contributed by atoms with Gasteiger partial charge < -0.3 is 14.3 Å². The van der Waals surface area contributed by atoms with Gasteiger partial charge in [-0.2, -0.15) is 0 Å². The molecule has 154 valence electrons. The van der Waals surface area contributed by atoms with E-state index in [9.17, 15) is 14.0 Å². The van der Waals surface area contributed by atoms with E-state index in [0.717, 1.165) is 25.0 Å². The molecular formula is C22H27FN4O2. The molecule has 2 aromatic heterocycles. The highest BCUT2D eigenvalue weighted by Crippen LogP contribution is 2.18. The summed E-state index contributed by atoms with van der Waals surface area (Å²) in [5.41, 5.74) is 1.70. The average molecular weight is 398 g/mol. The first-order chi connectivity index (χ1) is 14.1. The van der Waals surface area contributed by atoms with Gasteiger partial charge in [-0.1, -0.05) is 6.92 Å². The number of fused-ring (bicyclic) bond motifs is 3. The molecule has 0 bridgehead atoms. The van der Waals surface area contributed by atoms with Crippen LogP contribution < -0.4 is 10.9 Å². The molecule has 7 heteroatoms. The first kappa shape index (κ1) is 19.6. The second-order valence-corrected chi connectivity index (χ2v) is 7.69. The molecule has 1 saturated heterocycles. The summed E-state index contributed by atoms with van der Waals surface area (Å²) in [4.78, 5) is 27.5. The van der Waals surface area contributed by atoms with Crippen molar-refractivity contribution in [3.8, 4) is 0 Å². The quantitative estimate of drug-likeness (QED) is 0.666. The molecule has 1 unspecified atom stereocenters. The topological polar surface area (TPSA) is 58.8 Å². The Kier molecular flexibility index (Phi) is 5.67. The fourth-order valence-corrected chi connectivity index (χ4v) is 4.41. The molecule has 0 radical (unpaired) electrons. The summed E-state index contributed by atoms with van der Waals surface area (Å²) < 4.78 is 17.2. The minimum absolute atomic E-state index is 0.000234. The molecule has 1 atom stereocenters. The molecule has 0 aliphatic carbocycles. The number of aryl methyl sites for hydroxylation is 1. The van der Waals surface area contributed by atoms with Crippen LogP contribution in [0.5, 0.6) is 0 Å². The van der Waals surface area contributed by atoms with E-state index in [2.05, 4.69) is 17.1 Å². The monoisotopic (exact) mass is 398 g/mol. The van der Waals surface area contributed by atoms with E-state index in [1.54, 1.807) is 33.4 Å². The van der Waals surface area contributed by atoms with E-state index >= 15 is 0 Å². The number of nitrogens with zero attached hydrogens (tertiary/aromatic N) is 3. The maximum Gasteiger partial charge on any atom is 0.275 e. The summed E-state index contributed by atoms with van der Waals surface area (Å²) in [6.45, 7) is 5.31. The largest absolute Gasteiger partial charge is 0.355 e. The van der Waals surface area contributed by atoms with Gasteiger partial charge in [-0.3, -0.25) is 14.5 Å². The van der Waals surface area contributed by atoms with Crippen molar-refractivity contribution in [2.75, 3.05) is 19.6 Å². The standard InChI is InChI=1S/C22H27FN4O2/c1-2-25-11-3-6-17(25)15-24-21(28)8-5-13-27-20-14-16(23)9-10-18(20)26-12-4-7-19(26)22(27)29/h4,7,9-10,12,14,17H,2-3,5-6,8,11,13,15H2,1H3,(H,24,28). The lowest BCUT2D eigenvalue weighted by Gasteiger charge is -2.22. The third-order valence-corrected chi connectivity index (χ3v) is 5.93. The smallest absolute Gasteiger partial charge is 0.275 e. The highest BCUT2D eigenvalue weighted by molar-refractivity contribution is 5.79. The van der Waals surface area contributed by atoms with Crippen LogP contribution in [0.2, 0.25) is 0 Å². The zero-order valence-electron chi connectivity index (χ0n) is 16.7. The van der Waals surface area contributed by atoms with Crippen molar-refractivity contribution >= 4 is 22.5 Å².